The third-order valence-electron chi connectivity index (χ3n) is 2.90. The number of aromatic nitrogens is 1. The second-order valence-electron chi connectivity index (χ2n) is 3.98. The first kappa shape index (κ1) is 11.6. The lowest BCUT2D eigenvalue weighted by Crippen LogP contribution is -2.30. The van der Waals surface area contributed by atoms with Crippen LogP contribution >= 0.6 is 0 Å². The molecule has 0 radical (unpaired) electrons. The fraction of sp³-hybridized carbons (Fsp3) is 0.333. The van der Waals surface area contributed by atoms with Crippen molar-refractivity contribution in [1.82, 2.24) is 9.88 Å². The monoisotopic (exact) mass is 234 g/mol. The number of nitrogens with one attached hydrogen (secondary N) is 1. The molecule has 5 nitrogen and oxygen atoms in total. The first-order valence-corrected chi connectivity index (χ1v) is 5.35. The highest BCUT2D eigenvalue weighted by Gasteiger charge is 2.15. The number of rotatable bonds is 3. The van der Waals surface area contributed by atoms with E-state index in [1.165, 1.54) is 4.57 Å². The van der Waals surface area contributed by atoms with Gasteiger partial charge in [0.05, 0.1) is 11.6 Å². The van der Waals surface area contributed by atoms with Gasteiger partial charge < -0.3 is 9.73 Å². The second-order valence-corrected chi connectivity index (χ2v) is 3.98. The van der Waals surface area contributed by atoms with Gasteiger partial charge in [-0.2, -0.15) is 0 Å². The molecule has 0 saturated carbocycles. The van der Waals surface area contributed by atoms with Crippen LogP contribution in [0, 0.1) is 0 Å². The van der Waals surface area contributed by atoms with Gasteiger partial charge in [0.25, 0.3) is 0 Å². The quantitative estimate of drug-likeness (QED) is 0.802. The highest BCUT2D eigenvalue weighted by Crippen LogP contribution is 2.15. The van der Waals surface area contributed by atoms with Crippen LogP contribution in [-0.4, -0.2) is 23.4 Å². The van der Waals surface area contributed by atoms with E-state index < -0.39 is 5.76 Å². The van der Waals surface area contributed by atoms with E-state index >= 15 is 0 Å². The molecule has 1 aromatic heterocycles. The summed E-state index contributed by atoms with van der Waals surface area (Å²) in [6, 6.07) is 4.76. The van der Waals surface area contributed by atoms with Crippen LogP contribution in [0.2, 0.25) is 0 Å². The number of hydrogen-bond donors (Lipinski definition) is 1. The Kier molecular flexibility index (Phi) is 2.85. The first-order valence-electron chi connectivity index (χ1n) is 5.35. The SMILES string of the molecule is CNC(C)C(=O)c1ccc2c(c1)oc(=O)n2C. The van der Waals surface area contributed by atoms with Crippen molar-refractivity contribution >= 4 is 16.9 Å². The topological polar surface area (TPSA) is 64.2 Å². The number of Topliss-reactive ketones (excluding diaryl/α,β-unsaturated/α-hetero) is 1. The number of fused-ring (bicyclic) bond motifs is 1. The lowest BCUT2D eigenvalue weighted by Gasteiger charge is -2.08. The molecule has 0 fully saturated rings. The molecule has 90 valence electrons. The zero-order valence-corrected chi connectivity index (χ0v) is 9.98. The molecule has 1 aromatic carbocycles. The minimum Gasteiger partial charge on any atom is -0.408 e. The van der Waals surface area contributed by atoms with Gasteiger partial charge in [-0.25, -0.2) is 4.79 Å². The van der Waals surface area contributed by atoms with Crippen molar-refractivity contribution in [1.29, 1.82) is 0 Å². The number of aryl methyl sites for hydroxylation is 1. The van der Waals surface area contributed by atoms with E-state index in [1.54, 1.807) is 39.2 Å². The average molecular weight is 234 g/mol. The number of ketones is 1. The Balaban J connectivity index is 2.52. The number of nitrogens with zero attached hydrogens (tertiary/aromatic N) is 1. The van der Waals surface area contributed by atoms with Gasteiger partial charge in [-0.1, -0.05) is 0 Å². The van der Waals surface area contributed by atoms with Gasteiger partial charge in [-0.05, 0) is 32.2 Å². The van der Waals surface area contributed by atoms with Crippen LogP contribution in [0.4, 0.5) is 0 Å². The van der Waals surface area contributed by atoms with Crippen LogP contribution in [0.15, 0.2) is 27.4 Å². The zero-order valence-electron chi connectivity index (χ0n) is 9.98. The van der Waals surface area contributed by atoms with Crippen molar-refractivity contribution in [3.05, 3.63) is 34.3 Å². The molecule has 2 aromatic rings. The summed E-state index contributed by atoms with van der Waals surface area (Å²) in [5, 5.41) is 2.88. The summed E-state index contributed by atoms with van der Waals surface area (Å²) in [6.45, 7) is 1.79. The van der Waals surface area contributed by atoms with Gasteiger partial charge in [-0.15, -0.1) is 0 Å². The molecule has 1 atom stereocenters. The van der Waals surface area contributed by atoms with Crippen molar-refractivity contribution in [2.45, 2.75) is 13.0 Å². The number of likely N-dealkylation sites (N-methyl/N-ethyl adjacent to an activating group) is 1. The molecule has 1 heterocycles. The van der Waals surface area contributed by atoms with Crippen LogP contribution in [-0.2, 0) is 7.05 Å². The Bertz CT molecular complexity index is 624. The Morgan fingerprint density at radius 3 is 2.82 bits per heavy atom. The van der Waals surface area contributed by atoms with E-state index in [2.05, 4.69) is 5.32 Å². The summed E-state index contributed by atoms with van der Waals surface area (Å²) in [6.07, 6.45) is 0. The molecule has 17 heavy (non-hydrogen) atoms. The maximum absolute atomic E-state index is 11.9. The summed E-state index contributed by atoms with van der Waals surface area (Å²) in [4.78, 5) is 23.2. The molecule has 1 unspecified atom stereocenters. The van der Waals surface area contributed by atoms with Crippen LogP contribution in [0.5, 0.6) is 0 Å². The maximum atomic E-state index is 11.9. The van der Waals surface area contributed by atoms with Gasteiger partial charge in [0.2, 0.25) is 0 Å². The van der Waals surface area contributed by atoms with Crippen LogP contribution in [0.3, 0.4) is 0 Å². The summed E-state index contributed by atoms with van der Waals surface area (Å²) in [5.74, 6) is -0.452. The lowest BCUT2D eigenvalue weighted by molar-refractivity contribution is 0.0955. The van der Waals surface area contributed by atoms with Crippen molar-refractivity contribution in [2.75, 3.05) is 7.05 Å². The van der Waals surface area contributed by atoms with E-state index in [0.717, 1.165) is 0 Å². The minimum atomic E-state index is -0.425. The molecule has 0 bridgehead atoms. The first-order chi connectivity index (χ1) is 8.04. The Morgan fingerprint density at radius 1 is 1.47 bits per heavy atom. The predicted octanol–water partition coefficient (Wildman–Crippen LogP) is 0.922. The largest absolute Gasteiger partial charge is 0.419 e. The zero-order chi connectivity index (χ0) is 12.6. The number of benzene rings is 1. The normalized spacial score (nSPS) is 12.9. The summed E-state index contributed by atoms with van der Waals surface area (Å²) < 4.78 is 6.45. The molecular formula is C12H14N2O3. The standard InChI is InChI=1S/C12H14N2O3/c1-7(13-2)11(15)8-4-5-9-10(6-8)17-12(16)14(9)3/h4-7,13H,1-3H3. The van der Waals surface area contributed by atoms with Crippen LogP contribution in [0.25, 0.3) is 11.1 Å². The molecule has 0 aliphatic heterocycles. The number of carbonyl (C=O) groups is 1. The van der Waals surface area contributed by atoms with E-state index in [4.69, 9.17) is 4.42 Å². The van der Waals surface area contributed by atoms with Crippen LogP contribution < -0.4 is 11.1 Å². The van der Waals surface area contributed by atoms with Crippen molar-refractivity contribution in [3.8, 4) is 0 Å². The molecular weight excluding hydrogens is 220 g/mol. The van der Waals surface area contributed by atoms with E-state index in [9.17, 15) is 9.59 Å². The van der Waals surface area contributed by atoms with Gasteiger partial charge in [0.1, 0.15) is 0 Å². The molecule has 0 aliphatic rings. The Morgan fingerprint density at radius 2 is 2.18 bits per heavy atom. The number of oxazole rings is 1. The van der Waals surface area contributed by atoms with Gasteiger partial charge in [0, 0.05) is 12.6 Å². The molecule has 0 spiro atoms. The minimum absolute atomic E-state index is 0.0269. The predicted molar refractivity (Wildman–Crippen MR) is 64.3 cm³/mol. The third-order valence-corrected chi connectivity index (χ3v) is 2.90. The summed E-state index contributed by atoms with van der Waals surface area (Å²) in [7, 11) is 3.36. The number of carbonyl (C=O) groups excluding carboxylic acids is 1. The number of hydrogen-bond acceptors (Lipinski definition) is 4. The van der Waals surface area contributed by atoms with Crippen LogP contribution in [0.1, 0.15) is 17.3 Å². The fourth-order valence-corrected chi connectivity index (χ4v) is 1.67. The van der Waals surface area contributed by atoms with E-state index in [0.29, 0.717) is 16.7 Å². The molecule has 1 N–H and O–H groups in total. The summed E-state index contributed by atoms with van der Waals surface area (Å²) in [5.41, 5.74) is 1.66. The highest BCUT2D eigenvalue weighted by atomic mass is 16.4. The maximum Gasteiger partial charge on any atom is 0.419 e. The van der Waals surface area contributed by atoms with Crippen molar-refractivity contribution in [2.24, 2.45) is 7.05 Å². The highest BCUT2D eigenvalue weighted by molar-refractivity contribution is 6.01. The second kappa shape index (κ2) is 4.18. The van der Waals surface area contributed by atoms with Gasteiger partial charge in [0.15, 0.2) is 11.4 Å². The van der Waals surface area contributed by atoms with Gasteiger partial charge >= 0.3 is 5.76 Å². The smallest absolute Gasteiger partial charge is 0.408 e. The van der Waals surface area contributed by atoms with Crippen molar-refractivity contribution in [3.63, 3.8) is 0 Å². The lowest BCUT2D eigenvalue weighted by atomic mass is 10.1. The average Bonchev–Trinajstić information content (AvgIpc) is 2.62. The van der Waals surface area contributed by atoms with E-state index in [-0.39, 0.29) is 11.8 Å². The molecule has 2 rings (SSSR count). The third kappa shape index (κ3) is 1.89. The van der Waals surface area contributed by atoms with Crippen molar-refractivity contribution < 1.29 is 9.21 Å². The van der Waals surface area contributed by atoms with E-state index in [1.807, 2.05) is 0 Å². The molecule has 0 saturated heterocycles. The molecule has 5 heteroatoms. The Labute approximate surface area is 98.0 Å². The molecule has 0 amide bonds. The molecule has 0 aliphatic carbocycles. The fourth-order valence-electron chi connectivity index (χ4n) is 1.67. The Hall–Kier alpha value is -1.88. The summed E-state index contributed by atoms with van der Waals surface area (Å²) >= 11 is 0. The van der Waals surface area contributed by atoms with Gasteiger partial charge in [-0.3, -0.25) is 9.36 Å².